The molecule has 1 aliphatic heterocycles. The zero-order valence-electron chi connectivity index (χ0n) is 7.99. The van der Waals surface area contributed by atoms with Gasteiger partial charge in [-0.3, -0.25) is 0 Å². The van der Waals surface area contributed by atoms with E-state index >= 15 is 0 Å². The molecule has 13 heavy (non-hydrogen) atoms. The van der Waals surface area contributed by atoms with Gasteiger partial charge in [0, 0.05) is 0 Å². The van der Waals surface area contributed by atoms with E-state index < -0.39 is 0 Å². The summed E-state index contributed by atoms with van der Waals surface area (Å²) in [7, 11) is -0.142. The predicted molar refractivity (Wildman–Crippen MR) is 61.2 cm³/mol. The fourth-order valence-corrected chi connectivity index (χ4v) is 3.69. The van der Waals surface area contributed by atoms with Gasteiger partial charge in [0.2, 0.25) is 0 Å². The van der Waals surface area contributed by atoms with Crippen LogP contribution in [0.4, 0.5) is 0 Å². The molecule has 0 aromatic heterocycles. The van der Waals surface area contributed by atoms with Crippen LogP contribution in [0.15, 0.2) is 57.2 Å². The zero-order valence-corrected chi connectivity index (χ0v) is 8.88. The molecule has 1 unspecified atom stereocenters. The van der Waals surface area contributed by atoms with E-state index in [9.17, 15) is 0 Å². The number of thiol groups is 1. The first-order chi connectivity index (χ1) is 6.27. The highest BCUT2D eigenvalue weighted by Crippen LogP contribution is 2.49. The number of hydrogen-bond donors (Lipinski definition) is 1. The van der Waals surface area contributed by atoms with Crippen LogP contribution in [-0.2, 0) is 0 Å². The number of benzene rings is 1. The molecule has 1 aliphatic rings. The summed E-state index contributed by atoms with van der Waals surface area (Å²) in [5.41, 5.74) is 1.41. The van der Waals surface area contributed by atoms with Gasteiger partial charge in [-0.05, 0) is 46.8 Å². The Morgan fingerprint density at radius 1 is 1.00 bits per heavy atom. The molecule has 0 saturated carbocycles. The Bertz CT molecular complexity index is 360. The lowest BCUT2D eigenvalue weighted by Crippen LogP contribution is -1.76. The zero-order chi connectivity index (χ0) is 9.26. The Labute approximate surface area is 82.3 Å². The second-order valence-corrected chi connectivity index (χ2v) is 5.58. The Morgan fingerprint density at radius 3 is 2.23 bits per heavy atom. The third-order valence-corrected chi connectivity index (χ3v) is 4.59. The lowest BCUT2D eigenvalue weighted by atomic mass is 10.3. The van der Waals surface area contributed by atoms with E-state index in [0.717, 1.165) is 0 Å². The Kier molecular flexibility index (Phi) is 2.28. The van der Waals surface area contributed by atoms with Crippen molar-refractivity contribution in [2.75, 3.05) is 0 Å². The molecular weight excluding hydrogens is 176 g/mol. The van der Waals surface area contributed by atoms with Crippen LogP contribution in [0, 0.1) is 0 Å². The average molecular weight is 190 g/mol. The van der Waals surface area contributed by atoms with Gasteiger partial charge in [-0.1, -0.05) is 24.3 Å². The molecule has 0 N–H and O–H groups in total. The van der Waals surface area contributed by atoms with E-state index in [1.54, 1.807) is 0 Å². The molecule has 0 spiro atoms. The quantitative estimate of drug-likeness (QED) is 0.639. The molecule has 1 heterocycles. The third kappa shape index (κ3) is 1.70. The summed E-state index contributed by atoms with van der Waals surface area (Å²) in [6, 6.07) is 10.7. The van der Waals surface area contributed by atoms with E-state index in [4.69, 9.17) is 0 Å². The second kappa shape index (κ2) is 3.43. The van der Waals surface area contributed by atoms with Crippen LogP contribution in [0.5, 0.6) is 0 Å². The van der Waals surface area contributed by atoms with Gasteiger partial charge in [0.15, 0.2) is 0 Å². The van der Waals surface area contributed by atoms with Gasteiger partial charge in [0.1, 0.15) is 0 Å². The monoisotopic (exact) mass is 190 g/mol. The maximum absolute atomic E-state index is 2.39. The number of hydrogen-bond acceptors (Lipinski definition) is 0. The smallest absolute Gasteiger partial charge is 0.00529 e. The number of rotatable bonds is 1. The minimum Gasteiger partial charge on any atom is -0.183 e. The van der Waals surface area contributed by atoms with Crippen molar-refractivity contribution in [1.82, 2.24) is 0 Å². The summed E-state index contributed by atoms with van der Waals surface area (Å²) in [6.07, 6.45) is 2.29. The highest BCUT2D eigenvalue weighted by Gasteiger charge is 2.10. The van der Waals surface area contributed by atoms with Crippen LogP contribution in [0.1, 0.15) is 13.8 Å². The van der Waals surface area contributed by atoms with Crippen molar-refractivity contribution < 1.29 is 0 Å². The van der Waals surface area contributed by atoms with Crippen LogP contribution >= 0.6 is 10.9 Å². The van der Waals surface area contributed by atoms with Crippen LogP contribution in [0.3, 0.4) is 0 Å². The highest BCUT2D eigenvalue weighted by molar-refractivity contribution is 8.23. The van der Waals surface area contributed by atoms with Crippen molar-refractivity contribution in [3.63, 3.8) is 0 Å². The predicted octanol–water partition coefficient (Wildman–Crippen LogP) is 3.87. The van der Waals surface area contributed by atoms with Gasteiger partial charge in [-0.2, -0.15) is 10.9 Å². The summed E-state index contributed by atoms with van der Waals surface area (Å²) in [4.78, 5) is 2.97. The van der Waals surface area contributed by atoms with Crippen molar-refractivity contribution in [3.05, 3.63) is 52.3 Å². The molecule has 0 aliphatic carbocycles. The first kappa shape index (κ1) is 8.64. The SMILES string of the molecule is CC1=C[SH](c2ccccc2)C(C)=C1. The second-order valence-electron chi connectivity index (χ2n) is 3.36. The fourth-order valence-electron chi connectivity index (χ4n) is 1.61. The molecule has 0 radical (unpaired) electrons. The molecule has 0 fully saturated rings. The minimum atomic E-state index is -0.142. The lowest BCUT2D eigenvalue weighted by molar-refractivity contribution is 1.45. The van der Waals surface area contributed by atoms with E-state index in [2.05, 4.69) is 55.7 Å². The minimum absolute atomic E-state index is 0.142. The van der Waals surface area contributed by atoms with Gasteiger partial charge in [0.25, 0.3) is 0 Å². The van der Waals surface area contributed by atoms with Crippen molar-refractivity contribution in [2.45, 2.75) is 18.7 Å². The first-order valence-electron chi connectivity index (χ1n) is 4.48. The van der Waals surface area contributed by atoms with Crippen LogP contribution in [0.2, 0.25) is 0 Å². The fraction of sp³-hybridized carbons (Fsp3) is 0.167. The molecule has 2 rings (SSSR count). The Hall–Kier alpha value is -0.950. The topological polar surface area (TPSA) is 0 Å². The number of allylic oxidation sites excluding steroid dienone is 3. The highest BCUT2D eigenvalue weighted by atomic mass is 32.2. The summed E-state index contributed by atoms with van der Waals surface area (Å²) in [5.74, 6) is 0. The van der Waals surface area contributed by atoms with Crippen molar-refractivity contribution in [1.29, 1.82) is 0 Å². The molecule has 0 amide bonds. The first-order valence-corrected chi connectivity index (χ1v) is 5.89. The normalized spacial score (nSPS) is 24.0. The average Bonchev–Trinajstić information content (AvgIpc) is 2.47. The summed E-state index contributed by atoms with van der Waals surface area (Å²) >= 11 is 0. The van der Waals surface area contributed by atoms with Crippen LogP contribution < -0.4 is 0 Å². The Morgan fingerprint density at radius 2 is 1.69 bits per heavy atom. The summed E-state index contributed by atoms with van der Waals surface area (Å²) in [6.45, 7) is 4.40. The van der Waals surface area contributed by atoms with E-state index in [1.807, 2.05) is 0 Å². The summed E-state index contributed by atoms with van der Waals surface area (Å²) in [5, 5.41) is 2.39. The summed E-state index contributed by atoms with van der Waals surface area (Å²) < 4.78 is 0. The van der Waals surface area contributed by atoms with E-state index in [-0.39, 0.29) is 10.9 Å². The molecule has 0 bridgehead atoms. The van der Waals surface area contributed by atoms with Gasteiger partial charge in [0.05, 0.1) is 0 Å². The van der Waals surface area contributed by atoms with Gasteiger partial charge in [-0.25, -0.2) is 0 Å². The third-order valence-electron chi connectivity index (χ3n) is 2.18. The van der Waals surface area contributed by atoms with Crippen molar-refractivity contribution in [3.8, 4) is 0 Å². The Balaban J connectivity index is 2.35. The molecule has 1 atom stereocenters. The maximum Gasteiger partial charge on any atom is -0.00529 e. The standard InChI is InChI=1S/C12H14S/c1-10-8-11(2)13(9-10)12-6-4-3-5-7-12/h3-9,13H,1-2H3. The van der Waals surface area contributed by atoms with Crippen LogP contribution in [0.25, 0.3) is 0 Å². The largest absolute Gasteiger partial charge is 0.183 e. The maximum atomic E-state index is 2.39. The van der Waals surface area contributed by atoms with Crippen LogP contribution in [-0.4, -0.2) is 0 Å². The van der Waals surface area contributed by atoms with E-state index in [1.165, 1.54) is 15.4 Å². The molecule has 0 nitrogen and oxygen atoms in total. The molecule has 1 aromatic carbocycles. The van der Waals surface area contributed by atoms with Gasteiger partial charge >= 0.3 is 0 Å². The lowest BCUT2D eigenvalue weighted by Gasteiger charge is -2.14. The molecule has 0 saturated heterocycles. The van der Waals surface area contributed by atoms with Crippen molar-refractivity contribution in [2.24, 2.45) is 0 Å². The molecule has 68 valence electrons. The molecule has 1 aromatic rings. The molecule has 1 heteroatoms. The van der Waals surface area contributed by atoms with Crippen molar-refractivity contribution >= 4 is 10.9 Å². The molecular formula is C12H14S. The van der Waals surface area contributed by atoms with Gasteiger partial charge in [-0.15, -0.1) is 0 Å². The van der Waals surface area contributed by atoms with Gasteiger partial charge < -0.3 is 0 Å². The van der Waals surface area contributed by atoms with E-state index in [0.29, 0.717) is 0 Å².